The zero-order chi connectivity index (χ0) is 42.6. The normalized spacial score (nSPS) is 15.5. The summed E-state index contributed by atoms with van der Waals surface area (Å²) in [5, 5.41) is 7.69. The number of rotatable bonds is 3. The van der Waals surface area contributed by atoms with Gasteiger partial charge in [0.05, 0.1) is 0 Å². The second-order valence-corrected chi connectivity index (χ2v) is 19.9. The van der Waals surface area contributed by atoms with E-state index >= 15 is 0 Å². The third-order valence-electron chi connectivity index (χ3n) is 15.6. The number of hydrogen-bond donors (Lipinski definition) is 0. The monoisotopic (exact) mass is 804 g/mol. The smallest absolute Gasteiger partial charge is 0.0165 e. The van der Waals surface area contributed by atoms with Gasteiger partial charge in [-0.15, -0.1) is 0 Å². The largest absolute Gasteiger partial charge is 0.0619 e. The highest BCUT2D eigenvalue weighted by Gasteiger charge is 2.45. The molecule has 0 aliphatic heterocycles. The Balaban J connectivity index is 0.969. The third kappa shape index (κ3) is 4.76. The number of benzene rings is 10. The molecule has 0 saturated heterocycles. The Morgan fingerprint density at radius 2 is 0.762 bits per heavy atom. The van der Waals surface area contributed by atoms with Gasteiger partial charge in [-0.05, 0) is 145 Å². The molecule has 0 aromatic heterocycles. The predicted octanol–water partition coefficient (Wildman–Crippen LogP) is 17.1. The van der Waals surface area contributed by atoms with Gasteiger partial charge in [-0.1, -0.05) is 211 Å². The van der Waals surface area contributed by atoms with E-state index in [1.165, 1.54) is 132 Å². The first-order valence-corrected chi connectivity index (χ1v) is 22.7. The molecule has 0 fully saturated rings. The molecule has 0 heteroatoms. The molecule has 0 heterocycles. The molecule has 0 amide bonds. The molecular weight excluding hydrogens is 757 g/mol. The van der Waals surface area contributed by atoms with E-state index in [-0.39, 0.29) is 16.2 Å². The second kappa shape index (κ2) is 12.6. The Hall–Kier alpha value is -7.02. The van der Waals surface area contributed by atoms with Gasteiger partial charge in [0.25, 0.3) is 0 Å². The molecule has 0 radical (unpaired) electrons. The fourth-order valence-corrected chi connectivity index (χ4v) is 12.7. The molecule has 300 valence electrons. The van der Waals surface area contributed by atoms with Crippen LogP contribution >= 0.6 is 0 Å². The van der Waals surface area contributed by atoms with Crippen molar-refractivity contribution < 1.29 is 0 Å². The second-order valence-electron chi connectivity index (χ2n) is 19.9. The van der Waals surface area contributed by atoms with E-state index in [4.69, 9.17) is 0 Å². The van der Waals surface area contributed by atoms with Gasteiger partial charge in [-0.3, -0.25) is 0 Å². The van der Waals surface area contributed by atoms with Gasteiger partial charge in [-0.2, -0.15) is 0 Å². The van der Waals surface area contributed by atoms with E-state index in [0.717, 1.165) is 0 Å². The van der Waals surface area contributed by atoms with E-state index in [1.54, 1.807) is 0 Å². The summed E-state index contributed by atoms with van der Waals surface area (Å²) in [7, 11) is 0. The first-order valence-electron chi connectivity index (χ1n) is 22.7. The summed E-state index contributed by atoms with van der Waals surface area (Å²) in [6, 6.07) is 69.2. The summed E-state index contributed by atoms with van der Waals surface area (Å²) in [4.78, 5) is 0. The van der Waals surface area contributed by atoms with Crippen molar-refractivity contribution >= 4 is 32.3 Å². The van der Waals surface area contributed by atoms with Crippen LogP contribution in [-0.2, 0) is 16.2 Å². The molecule has 13 rings (SSSR count). The van der Waals surface area contributed by atoms with E-state index in [1.807, 2.05) is 0 Å². The Morgan fingerprint density at radius 1 is 0.254 bits per heavy atom. The first-order chi connectivity index (χ1) is 30.5. The van der Waals surface area contributed by atoms with Gasteiger partial charge in [0.15, 0.2) is 0 Å². The van der Waals surface area contributed by atoms with Crippen LogP contribution in [0.1, 0.15) is 74.9 Å². The van der Waals surface area contributed by atoms with Crippen molar-refractivity contribution in [2.24, 2.45) is 0 Å². The summed E-state index contributed by atoms with van der Waals surface area (Å²) in [5.74, 6) is 0. The Labute approximate surface area is 370 Å². The van der Waals surface area contributed by atoms with Crippen molar-refractivity contribution in [1.29, 1.82) is 0 Å². The van der Waals surface area contributed by atoms with Crippen LogP contribution in [0.5, 0.6) is 0 Å². The number of hydrogen-bond acceptors (Lipinski definition) is 0. The minimum Gasteiger partial charge on any atom is -0.0619 e. The average molecular weight is 805 g/mol. The Morgan fingerprint density at radius 3 is 1.52 bits per heavy atom. The lowest BCUT2D eigenvalue weighted by molar-refractivity contribution is 0.648. The van der Waals surface area contributed by atoms with Crippen molar-refractivity contribution in [2.75, 3.05) is 0 Å². The van der Waals surface area contributed by atoms with Crippen LogP contribution in [0.15, 0.2) is 182 Å². The molecule has 0 saturated carbocycles. The van der Waals surface area contributed by atoms with Crippen molar-refractivity contribution in [3.05, 3.63) is 215 Å². The molecule has 0 atom stereocenters. The minimum atomic E-state index is -0.164. The highest BCUT2D eigenvalue weighted by atomic mass is 14.5. The lowest BCUT2D eigenvalue weighted by Gasteiger charge is -2.26. The van der Waals surface area contributed by atoms with E-state index in [0.29, 0.717) is 0 Å². The van der Waals surface area contributed by atoms with Crippen LogP contribution in [0.4, 0.5) is 0 Å². The van der Waals surface area contributed by atoms with Crippen LogP contribution < -0.4 is 0 Å². The van der Waals surface area contributed by atoms with Crippen molar-refractivity contribution in [3.8, 4) is 66.8 Å². The van der Waals surface area contributed by atoms with E-state index in [2.05, 4.69) is 224 Å². The standard InChI is InChI=1S/C63H48/c1-61(2)53-33-30-38(41-25-16-27-50-58-54(63(5,6)59(41)50)34-32-49-42-20-13-14-28-52(42)62(3,4)60(49)58)35-51(53)43-31-29-39(36-55(43)61)56-45-21-9-11-23-47(45)57(48-24-12-10-22-46(48)56)44-26-15-18-37-17-7-8-19-40(37)44/h7-36H,1-6H3. The lowest BCUT2D eigenvalue weighted by atomic mass is 9.76. The van der Waals surface area contributed by atoms with E-state index < -0.39 is 0 Å². The Kier molecular flexibility index (Phi) is 7.29. The van der Waals surface area contributed by atoms with Gasteiger partial charge in [-0.25, -0.2) is 0 Å². The maximum absolute atomic E-state index is 2.51. The highest BCUT2D eigenvalue weighted by Crippen LogP contribution is 2.61. The molecule has 0 spiro atoms. The predicted molar refractivity (Wildman–Crippen MR) is 268 cm³/mol. The molecule has 63 heavy (non-hydrogen) atoms. The topological polar surface area (TPSA) is 0 Å². The minimum absolute atomic E-state index is 0.0793. The van der Waals surface area contributed by atoms with Gasteiger partial charge < -0.3 is 0 Å². The molecule has 0 N–H and O–H groups in total. The molecular formula is C63H48. The van der Waals surface area contributed by atoms with Gasteiger partial charge >= 0.3 is 0 Å². The number of fused-ring (bicyclic) bond motifs is 13. The van der Waals surface area contributed by atoms with Crippen LogP contribution in [0.25, 0.3) is 99.1 Å². The molecule has 10 aromatic carbocycles. The first kappa shape index (κ1) is 36.6. The summed E-state index contributed by atoms with van der Waals surface area (Å²) < 4.78 is 0. The molecule has 0 unspecified atom stereocenters. The molecule has 3 aliphatic carbocycles. The van der Waals surface area contributed by atoms with Gasteiger partial charge in [0.2, 0.25) is 0 Å². The zero-order valence-electron chi connectivity index (χ0n) is 36.8. The summed E-state index contributed by atoms with van der Waals surface area (Å²) >= 11 is 0. The molecule has 0 bridgehead atoms. The molecule has 0 nitrogen and oxygen atoms in total. The SMILES string of the molecule is CC1(C)c2ccc(-c3cccc4c3C(C)(C)c3ccc5c(c3-4)C(C)(C)c3ccccc3-5)cc2-c2ccc(-c3c4ccccc4c(-c4cccc5ccccc45)c4ccccc34)cc21. The fourth-order valence-electron chi connectivity index (χ4n) is 12.7. The quantitative estimate of drug-likeness (QED) is 0.156. The third-order valence-corrected chi connectivity index (χ3v) is 15.6. The fraction of sp³-hybridized carbons (Fsp3) is 0.143. The van der Waals surface area contributed by atoms with Gasteiger partial charge in [0.1, 0.15) is 0 Å². The summed E-state index contributed by atoms with van der Waals surface area (Å²) in [6.45, 7) is 14.6. The van der Waals surface area contributed by atoms with Crippen molar-refractivity contribution in [3.63, 3.8) is 0 Å². The van der Waals surface area contributed by atoms with E-state index in [9.17, 15) is 0 Å². The van der Waals surface area contributed by atoms with Crippen molar-refractivity contribution in [1.82, 2.24) is 0 Å². The average Bonchev–Trinajstić information content (AvgIpc) is 3.79. The summed E-state index contributed by atoms with van der Waals surface area (Å²) in [6.07, 6.45) is 0. The zero-order valence-corrected chi connectivity index (χ0v) is 36.8. The van der Waals surface area contributed by atoms with Crippen LogP contribution in [-0.4, -0.2) is 0 Å². The van der Waals surface area contributed by atoms with Crippen molar-refractivity contribution in [2.45, 2.75) is 57.8 Å². The maximum atomic E-state index is 2.51. The summed E-state index contributed by atoms with van der Waals surface area (Å²) in [5.41, 5.74) is 24.3. The highest BCUT2D eigenvalue weighted by molar-refractivity contribution is 6.23. The molecule has 10 aromatic rings. The maximum Gasteiger partial charge on any atom is 0.0165 e. The Bertz CT molecular complexity index is 3580. The van der Waals surface area contributed by atoms with Crippen LogP contribution in [0.2, 0.25) is 0 Å². The lowest BCUT2D eigenvalue weighted by Crippen LogP contribution is -2.18. The van der Waals surface area contributed by atoms with Crippen LogP contribution in [0, 0.1) is 0 Å². The van der Waals surface area contributed by atoms with Gasteiger partial charge in [0, 0.05) is 16.2 Å². The molecule has 3 aliphatic rings. The van der Waals surface area contributed by atoms with Crippen LogP contribution in [0.3, 0.4) is 0 Å².